The van der Waals surface area contributed by atoms with Gasteiger partial charge in [0, 0.05) is 24.3 Å². The first kappa shape index (κ1) is 18.6. The number of benzene rings is 2. The maximum atomic E-state index is 12.5. The summed E-state index contributed by atoms with van der Waals surface area (Å²) < 4.78 is 26.4. The van der Waals surface area contributed by atoms with Gasteiger partial charge in [0.1, 0.15) is 0 Å². The molecule has 0 saturated heterocycles. The highest BCUT2D eigenvalue weighted by molar-refractivity contribution is 7.89. The minimum absolute atomic E-state index is 0.204. The minimum Gasteiger partial charge on any atom is -0.322 e. The van der Waals surface area contributed by atoms with E-state index in [0.29, 0.717) is 18.7 Å². The first-order valence-electron chi connectivity index (χ1n) is 8.99. The van der Waals surface area contributed by atoms with Crippen LogP contribution in [0, 0.1) is 0 Å². The minimum atomic E-state index is -3.51. The van der Waals surface area contributed by atoms with Gasteiger partial charge in [0.15, 0.2) is 0 Å². The van der Waals surface area contributed by atoms with E-state index in [-0.39, 0.29) is 10.8 Å². The van der Waals surface area contributed by atoms with E-state index in [9.17, 15) is 13.2 Å². The molecule has 0 heterocycles. The van der Waals surface area contributed by atoms with Gasteiger partial charge in [-0.3, -0.25) is 4.79 Å². The van der Waals surface area contributed by atoms with Crippen molar-refractivity contribution < 1.29 is 13.2 Å². The summed E-state index contributed by atoms with van der Waals surface area (Å²) in [5.74, 6) is -0.241. The molecule has 0 radical (unpaired) electrons. The molecule has 0 fully saturated rings. The van der Waals surface area contributed by atoms with E-state index in [4.69, 9.17) is 0 Å². The largest absolute Gasteiger partial charge is 0.322 e. The predicted octanol–water partition coefficient (Wildman–Crippen LogP) is 3.46. The molecule has 0 saturated carbocycles. The predicted molar refractivity (Wildman–Crippen MR) is 103 cm³/mol. The van der Waals surface area contributed by atoms with Crippen LogP contribution in [0.5, 0.6) is 0 Å². The molecule has 5 nitrogen and oxygen atoms in total. The third-order valence-corrected chi connectivity index (χ3v) is 6.88. The van der Waals surface area contributed by atoms with Crippen molar-refractivity contribution in [2.24, 2.45) is 0 Å². The van der Waals surface area contributed by atoms with Crippen molar-refractivity contribution in [2.45, 2.75) is 38.0 Å². The Kier molecular flexibility index (Phi) is 5.44. The molecule has 1 amide bonds. The van der Waals surface area contributed by atoms with Crippen LogP contribution in [-0.4, -0.2) is 31.7 Å². The first-order chi connectivity index (χ1) is 12.5. The summed E-state index contributed by atoms with van der Waals surface area (Å²) in [5.41, 5.74) is 3.86. The molecular formula is C20H24N2O3S. The summed E-state index contributed by atoms with van der Waals surface area (Å²) in [6, 6.07) is 12.1. The van der Waals surface area contributed by atoms with Crippen molar-refractivity contribution in [1.82, 2.24) is 4.31 Å². The Morgan fingerprint density at radius 3 is 2.31 bits per heavy atom. The molecule has 1 aliphatic carbocycles. The summed E-state index contributed by atoms with van der Waals surface area (Å²) in [4.78, 5) is 12.7. The smallest absolute Gasteiger partial charge is 0.255 e. The zero-order valence-corrected chi connectivity index (χ0v) is 16.0. The molecule has 2 aromatic rings. The topological polar surface area (TPSA) is 66.5 Å². The standard InChI is InChI=1S/C20H24N2O3S/c1-3-22(4-2)26(24,25)19-12-9-16(10-13-19)20(23)21-18-11-8-15-6-5-7-17(15)14-18/h8-14H,3-7H2,1-2H3,(H,21,23). The molecule has 1 N–H and O–H groups in total. The van der Waals surface area contributed by atoms with E-state index >= 15 is 0 Å². The second kappa shape index (κ2) is 7.60. The average molecular weight is 372 g/mol. The lowest BCUT2D eigenvalue weighted by Gasteiger charge is -2.18. The summed E-state index contributed by atoms with van der Waals surface area (Å²) in [6.07, 6.45) is 3.32. The van der Waals surface area contributed by atoms with Crippen LogP contribution in [0.4, 0.5) is 5.69 Å². The summed E-state index contributed by atoms with van der Waals surface area (Å²) in [6.45, 7) is 4.44. The zero-order valence-electron chi connectivity index (χ0n) is 15.2. The van der Waals surface area contributed by atoms with Gasteiger partial charge in [-0.2, -0.15) is 4.31 Å². The third kappa shape index (κ3) is 3.66. The fourth-order valence-electron chi connectivity index (χ4n) is 3.34. The van der Waals surface area contributed by atoms with Gasteiger partial charge in [-0.1, -0.05) is 19.9 Å². The van der Waals surface area contributed by atoms with E-state index in [1.165, 1.54) is 27.6 Å². The van der Waals surface area contributed by atoms with E-state index in [2.05, 4.69) is 11.4 Å². The number of rotatable bonds is 6. The second-order valence-corrected chi connectivity index (χ2v) is 8.34. The quantitative estimate of drug-likeness (QED) is 0.844. The number of nitrogens with zero attached hydrogens (tertiary/aromatic N) is 1. The normalized spacial score (nSPS) is 13.7. The molecular weight excluding hydrogens is 348 g/mol. The van der Waals surface area contributed by atoms with Crippen molar-refractivity contribution in [3.05, 3.63) is 59.2 Å². The summed E-state index contributed by atoms with van der Waals surface area (Å²) >= 11 is 0. The lowest BCUT2D eigenvalue weighted by atomic mass is 10.1. The highest BCUT2D eigenvalue weighted by Crippen LogP contribution is 2.25. The number of nitrogens with one attached hydrogen (secondary N) is 1. The number of amides is 1. The van der Waals surface area contributed by atoms with E-state index in [0.717, 1.165) is 24.9 Å². The summed E-state index contributed by atoms with van der Waals surface area (Å²) in [5, 5.41) is 2.89. The monoisotopic (exact) mass is 372 g/mol. The average Bonchev–Trinajstić information content (AvgIpc) is 3.10. The lowest BCUT2D eigenvalue weighted by molar-refractivity contribution is 0.102. The highest BCUT2D eigenvalue weighted by atomic mass is 32.2. The SMILES string of the molecule is CCN(CC)S(=O)(=O)c1ccc(C(=O)Nc2ccc3c(c2)CCC3)cc1. The van der Waals surface area contributed by atoms with Crippen LogP contribution in [0.2, 0.25) is 0 Å². The van der Waals surface area contributed by atoms with E-state index in [1.54, 1.807) is 26.0 Å². The van der Waals surface area contributed by atoms with Crippen LogP contribution in [-0.2, 0) is 22.9 Å². The number of carbonyl (C=O) groups is 1. The van der Waals surface area contributed by atoms with Crippen molar-refractivity contribution in [3.63, 3.8) is 0 Å². The van der Waals surface area contributed by atoms with Crippen molar-refractivity contribution >= 4 is 21.6 Å². The fourth-order valence-corrected chi connectivity index (χ4v) is 4.80. The molecule has 0 aliphatic heterocycles. The molecule has 1 aliphatic rings. The molecule has 6 heteroatoms. The Morgan fingerprint density at radius 1 is 1.00 bits per heavy atom. The van der Waals surface area contributed by atoms with Gasteiger partial charge in [0.25, 0.3) is 5.91 Å². The fraction of sp³-hybridized carbons (Fsp3) is 0.350. The maximum Gasteiger partial charge on any atom is 0.255 e. The van der Waals surface area contributed by atoms with Crippen LogP contribution < -0.4 is 5.32 Å². The Bertz CT molecular complexity index is 901. The molecule has 3 rings (SSSR count). The van der Waals surface area contributed by atoms with Crippen molar-refractivity contribution in [1.29, 1.82) is 0 Å². The van der Waals surface area contributed by atoms with Crippen molar-refractivity contribution in [3.8, 4) is 0 Å². The van der Waals surface area contributed by atoms with Gasteiger partial charge in [0.2, 0.25) is 10.0 Å². The van der Waals surface area contributed by atoms with E-state index in [1.807, 2.05) is 12.1 Å². The first-order valence-corrected chi connectivity index (χ1v) is 10.4. The van der Waals surface area contributed by atoms with Crippen LogP contribution in [0.1, 0.15) is 41.8 Å². The number of hydrogen-bond acceptors (Lipinski definition) is 3. The Balaban J connectivity index is 1.75. The number of carbonyl (C=O) groups excluding carboxylic acids is 1. The van der Waals surface area contributed by atoms with Crippen LogP contribution >= 0.6 is 0 Å². The highest BCUT2D eigenvalue weighted by Gasteiger charge is 2.21. The number of anilines is 1. The van der Waals surface area contributed by atoms with Gasteiger partial charge < -0.3 is 5.32 Å². The molecule has 0 bridgehead atoms. The third-order valence-electron chi connectivity index (χ3n) is 4.82. The summed E-state index contributed by atoms with van der Waals surface area (Å²) in [7, 11) is -3.51. The van der Waals surface area contributed by atoms with Gasteiger partial charge in [-0.25, -0.2) is 8.42 Å². The van der Waals surface area contributed by atoms with Crippen LogP contribution in [0.15, 0.2) is 47.4 Å². The van der Waals surface area contributed by atoms with Crippen molar-refractivity contribution in [2.75, 3.05) is 18.4 Å². The van der Waals surface area contributed by atoms with Gasteiger partial charge in [0.05, 0.1) is 4.90 Å². The van der Waals surface area contributed by atoms with Crippen LogP contribution in [0.25, 0.3) is 0 Å². The maximum absolute atomic E-state index is 12.5. The Hall–Kier alpha value is -2.18. The number of sulfonamides is 1. The number of hydrogen-bond donors (Lipinski definition) is 1. The number of aryl methyl sites for hydroxylation is 2. The molecule has 0 unspecified atom stereocenters. The zero-order chi connectivity index (χ0) is 18.7. The Labute approximate surface area is 155 Å². The van der Waals surface area contributed by atoms with E-state index < -0.39 is 10.0 Å². The Morgan fingerprint density at radius 2 is 1.65 bits per heavy atom. The lowest BCUT2D eigenvalue weighted by Crippen LogP contribution is -2.30. The second-order valence-electron chi connectivity index (χ2n) is 6.40. The van der Waals surface area contributed by atoms with Gasteiger partial charge in [-0.05, 0) is 66.8 Å². The molecule has 0 atom stereocenters. The van der Waals surface area contributed by atoms with Gasteiger partial charge >= 0.3 is 0 Å². The number of fused-ring (bicyclic) bond motifs is 1. The van der Waals surface area contributed by atoms with Crippen LogP contribution in [0.3, 0.4) is 0 Å². The molecule has 138 valence electrons. The molecule has 2 aromatic carbocycles. The van der Waals surface area contributed by atoms with Gasteiger partial charge in [-0.15, -0.1) is 0 Å². The molecule has 0 spiro atoms. The molecule has 26 heavy (non-hydrogen) atoms. The molecule has 0 aromatic heterocycles.